The molecule has 51 heteroatoms. The zero-order chi connectivity index (χ0) is 91.0. The molecule has 0 amide bonds. The Bertz CT molecular complexity index is 7320. The number of thiophene rings is 5. The van der Waals surface area contributed by atoms with Crippen molar-refractivity contribution in [3.05, 3.63) is 185 Å². The summed E-state index contributed by atoms with van der Waals surface area (Å²) in [6.45, 7) is 7.45. The second kappa shape index (κ2) is 36.8. The van der Waals surface area contributed by atoms with Crippen LogP contribution in [0.15, 0.2) is 143 Å². The summed E-state index contributed by atoms with van der Waals surface area (Å²) >= 11 is 4.99. The van der Waals surface area contributed by atoms with Crippen molar-refractivity contribution >= 4 is 171 Å². The van der Waals surface area contributed by atoms with E-state index in [1.165, 1.54) is 94.0 Å². The molecular weight excluding hydrogens is 1860 g/mol. The Hall–Kier alpha value is -12.7. The SMILES string of the molecule is C#Cc1c(C)nc(-c2ccc(S(N)(=O)=O)s2)nc1Nc1cc(C2CC2)[nH]n1.C#Cc1cnc(-c2ccc(S(N)(=O)=O)s2)nc1Nc1cc(C2CC2)[nH]n1.C=Cc1cnc(-c2ccc(S(N)(=O)=O)s2)nc1Nc1cc(C2CC2)[nH]n1.Cc1cnc(-c2ccc(S(N)(=O)=O)s2)nc1Nc1cc(C2CC2)[nH]n1.NS(=O)(=O)c1ccc(-c2ncc(F)c(Nc3cc(C4CC4)[nH]n3)n2)s1. The monoisotopic (exact) mass is 1930 g/mol. The molecule has 0 atom stereocenters. The maximum Gasteiger partial charge on any atom is 0.247 e. The van der Waals surface area contributed by atoms with E-state index >= 15 is 0 Å². The summed E-state index contributed by atoms with van der Waals surface area (Å²) in [5.74, 6) is 14.1. The predicted octanol–water partition coefficient (Wildman–Crippen LogP) is 12.3. The van der Waals surface area contributed by atoms with Crippen molar-refractivity contribution in [1.82, 2.24) is 101 Å². The quantitative estimate of drug-likeness (QED) is 0.0224. The standard InChI is InChI=1S/C17H16N6O2S2.C16H16N6O2S2.C16H14N6O2S2.C15H16N6O2S2.C14H13FN6O2S2/c1-3-11-9(2)19-17(13-6-7-15(26-13)27(18,24)25)21-16(11)20-14-8-12(22-23-14)10-4-5-10;2*1-2-9-8-18-16(12-5-6-14(25-12)26(17,23)24)20-15(9)19-13-7-11(21-22-13)10-3-4-10;1-8-7-17-15(11-4-5-13(24-11)25(16,22)23)19-14(8)18-12-6-10(20-21-12)9-2-3-9;15-8-6-17-14(10-3-4-12(24-10)25(16,22)23)19-13(8)18-11-5-9(20-21-11)7-1-2-7/h1,6-8,10H,4-5H2,2H3,(H2,18,24,25)(H2,19,20,21,22,23);2,5-8,10H,1,3-4H2,(H2,17,23,24)(H2,18,19,20,21,22);1,5-8,10H,3-4H2,(H2,17,23,24)(H2,18,19,20,21,22);4-7,9H,2-3H2,1H3,(H2,16,22,23)(H2,17,18,19,20,21);3-7H,1-2H2,(H2,16,22,23)(H2,17,18,19,20,21). The maximum atomic E-state index is 14.0. The normalized spacial score (nSPS) is 14.4. The lowest BCUT2D eigenvalue weighted by molar-refractivity contribution is 0.598. The molecule has 0 radical (unpaired) electrons. The lowest BCUT2D eigenvalue weighted by Gasteiger charge is -2.09. The fourth-order valence-electron chi connectivity index (χ4n) is 12.3. The van der Waals surface area contributed by atoms with Crippen LogP contribution in [0.2, 0.25) is 0 Å². The topological polar surface area (TPSA) is 633 Å². The smallest absolute Gasteiger partial charge is 0.247 e. The van der Waals surface area contributed by atoms with Crippen molar-refractivity contribution in [2.75, 3.05) is 26.6 Å². The van der Waals surface area contributed by atoms with Crippen LogP contribution in [-0.4, -0.2) is 143 Å². The zero-order valence-electron chi connectivity index (χ0n) is 67.5. The van der Waals surface area contributed by atoms with Gasteiger partial charge in [-0.05, 0) is 139 Å². The zero-order valence-corrected chi connectivity index (χ0v) is 75.7. The summed E-state index contributed by atoms with van der Waals surface area (Å²) in [6, 6.07) is 24.8. The van der Waals surface area contributed by atoms with Gasteiger partial charge in [-0.15, -0.1) is 69.5 Å². The van der Waals surface area contributed by atoms with Crippen LogP contribution in [0.4, 0.5) is 62.6 Å². The third-order valence-electron chi connectivity index (χ3n) is 19.6. The number of H-pyrrole nitrogens is 5. The average molecular weight is 1930 g/mol. The van der Waals surface area contributed by atoms with Crippen LogP contribution < -0.4 is 52.3 Å². The van der Waals surface area contributed by atoms with Crippen LogP contribution in [0.1, 0.15) is 150 Å². The average Bonchev–Trinajstić information content (AvgIpc) is 1.68. The van der Waals surface area contributed by atoms with E-state index in [2.05, 4.69) is 146 Å². The van der Waals surface area contributed by atoms with Crippen molar-refractivity contribution in [3.8, 4) is 78.2 Å². The van der Waals surface area contributed by atoms with Gasteiger partial charge in [0.05, 0.1) is 47.4 Å². The number of sulfonamides is 5. The number of nitrogens with one attached hydrogen (secondary N) is 10. The third-order valence-corrected chi connectivity index (χ3v) is 32.2. The van der Waals surface area contributed by atoms with Gasteiger partial charge < -0.3 is 26.6 Å². The molecule has 15 aromatic rings. The number of terminal acetylenes is 2. The summed E-state index contributed by atoms with van der Waals surface area (Å²) < 4.78 is 129. The fourth-order valence-corrected chi connectivity index (χ4v) is 20.6. The highest BCUT2D eigenvalue weighted by Gasteiger charge is 2.32. The van der Waals surface area contributed by atoms with Gasteiger partial charge in [0.2, 0.25) is 50.1 Å². The molecule has 0 unspecified atom stereocenters. The largest absolute Gasteiger partial charge is 0.323 e. The van der Waals surface area contributed by atoms with Gasteiger partial charge in [-0.25, -0.2) is 122 Å². The van der Waals surface area contributed by atoms with Crippen molar-refractivity contribution < 1.29 is 46.5 Å². The minimum Gasteiger partial charge on any atom is -0.323 e. The number of nitrogens with zero attached hydrogens (tertiary/aromatic N) is 15. The van der Waals surface area contributed by atoms with Crippen LogP contribution in [0.5, 0.6) is 0 Å². The minimum absolute atomic E-state index is 0.00805. The summed E-state index contributed by atoms with van der Waals surface area (Å²) in [6.07, 6.45) is 30.3. The molecule has 5 aliphatic carbocycles. The Kier molecular flexibility index (Phi) is 25.6. The first-order valence-corrected chi connectivity index (χ1v) is 50.7. The highest BCUT2D eigenvalue weighted by molar-refractivity contribution is 7.92. The summed E-state index contributed by atoms with van der Waals surface area (Å²) in [4.78, 5) is 46.0. The first kappa shape index (κ1) is 89.7. The molecule has 664 valence electrons. The third kappa shape index (κ3) is 22.5. The van der Waals surface area contributed by atoms with Crippen molar-refractivity contribution in [3.63, 3.8) is 0 Å². The van der Waals surface area contributed by atoms with Gasteiger partial charge in [-0.2, -0.15) is 25.5 Å². The van der Waals surface area contributed by atoms with Gasteiger partial charge in [-0.3, -0.25) is 25.5 Å². The van der Waals surface area contributed by atoms with Gasteiger partial charge in [-0.1, -0.05) is 24.5 Å². The summed E-state index contributed by atoms with van der Waals surface area (Å²) in [5, 5.41) is 77.3. The Morgan fingerprint density at radius 1 is 0.380 bits per heavy atom. The number of aromatic nitrogens is 20. The fraction of sp³-hybridized carbons (Fsp3) is 0.218. The predicted molar refractivity (Wildman–Crippen MR) is 488 cm³/mol. The number of halogens is 1. The molecule has 5 aliphatic rings. The van der Waals surface area contributed by atoms with Crippen molar-refractivity contribution in [1.29, 1.82) is 0 Å². The second-order valence-electron chi connectivity index (χ2n) is 29.8. The Morgan fingerprint density at radius 2 is 0.667 bits per heavy atom. The van der Waals surface area contributed by atoms with Crippen LogP contribution in [0.3, 0.4) is 0 Å². The molecule has 5 saturated carbocycles. The summed E-state index contributed by atoms with van der Waals surface area (Å²) in [5.41, 5.74) is 8.61. The van der Waals surface area contributed by atoms with E-state index in [1.807, 2.05) is 37.3 Å². The number of aryl methyl sites for hydroxylation is 2. The molecule has 0 bridgehead atoms. The van der Waals surface area contributed by atoms with Crippen LogP contribution in [0, 0.1) is 44.4 Å². The number of anilines is 10. The Balaban J connectivity index is 0.000000118. The van der Waals surface area contributed by atoms with Gasteiger partial charge in [0.25, 0.3) is 0 Å². The second-order valence-corrected chi connectivity index (χ2v) is 44.1. The van der Waals surface area contributed by atoms with Gasteiger partial charge in [0.1, 0.15) is 32.7 Å². The molecule has 0 aromatic carbocycles. The molecule has 20 N–H and O–H groups in total. The molecule has 0 saturated heterocycles. The van der Waals surface area contributed by atoms with E-state index in [-0.39, 0.29) is 32.7 Å². The van der Waals surface area contributed by atoms with E-state index in [4.69, 9.17) is 38.5 Å². The molecule has 0 aliphatic heterocycles. The highest BCUT2D eigenvalue weighted by atomic mass is 32.3. The first-order valence-electron chi connectivity index (χ1n) is 38.8. The lowest BCUT2D eigenvalue weighted by Crippen LogP contribution is -2.09. The number of aromatic amines is 5. The molecule has 15 heterocycles. The van der Waals surface area contributed by atoms with Gasteiger partial charge in [0.15, 0.2) is 81.5 Å². The number of hydrogen-bond acceptors (Lipinski definition) is 35. The van der Waals surface area contributed by atoms with Gasteiger partial charge >= 0.3 is 0 Å². The highest BCUT2D eigenvalue weighted by Crippen LogP contribution is 2.45. The molecular formula is C78H75FN30O10S10. The van der Waals surface area contributed by atoms with E-state index in [1.54, 1.807) is 49.7 Å². The van der Waals surface area contributed by atoms with E-state index in [0.717, 1.165) is 110 Å². The lowest BCUT2D eigenvalue weighted by atomic mass is 10.2. The number of rotatable bonds is 26. The van der Waals surface area contributed by atoms with Crippen LogP contribution in [0.25, 0.3) is 59.6 Å². The van der Waals surface area contributed by atoms with Crippen LogP contribution >= 0.6 is 56.7 Å². The van der Waals surface area contributed by atoms with Crippen molar-refractivity contribution in [2.45, 2.75) is 129 Å². The molecule has 0 spiro atoms. The molecule has 40 nitrogen and oxygen atoms in total. The van der Waals surface area contributed by atoms with Gasteiger partial charge in [0, 0.05) is 118 Å². The molecule has 20 rings (SSSR count). The molecule has 5 fully saturated rings. The van der Waals surface area contributed by atoms with E-state index in [9.17, 15) is 46.5 Å². The van der Waals surface area contributed by atoms with Crippen molar-refractivity contribution in [2.24, 2.45) is 25.7 Å². The number of hydrogen-bond donors (Lipinski definition) is 15. The summed E-state index contributed by atoms with van der Waals surface area (Å²) in [7, 11) is -18.8. The number of primary sulfonamides is 5. The number of nitrogens with two attached hydrogens (primary N) is 5. The van der Waals surface area contributed by atoms with Crippen LogP contribution in [-0.2, 0) is 50.1 Å². The minimum atomic E-state index is -3.80. The first-order chi connectivity index (χ1) is 61.5. The van der Waals surface area contributed by atoms with E-state index < -0.39 is 55.9 Å². The Morgan fingerprint density at radius 3 is 1.00 bits per heavy atom. The maximum absolute atomic E-state index is 14.0. The molecule has 15 aromatic heterocycles. The molecule has 129 heavy (non-hydrogen) atoms. The van der Waals surface area contributed by atoms with E-state index in [0.29, 0.717) is 152 Å². The Labute approximate surface area is 756 Å².